The van der Waals surface area contributed by atoms with Gasteiger partial charge in [-0.1, -0.05) is 0 Å². The molecule has 2 rings (SSSR count). The highest BCUT2D eigenvalue weighted by molar-refractivity contribution is 5.74. The molecule has 1 aliphatic rings. The van der Waals surface area contributed by atoms with Crippen molar-refractivity contribution in [2.45, 2.75) is 12.5 Å². The highest BCUT2D eigenvalue weighted by Crippen LogP contribution is 2.29. The van der Waals surface area contributed by atoms with Crippen molar-refractivity contribution in [1.82, 2.24) is 0 Å². The number of ether oxygens (including phenoxy) is 1. The number of fused-ring (bicyclic) bond motifs is 1. The molecule has 0 amide bonds. The van der Waals surface area contributed by atoms with Crippen molar-refractivity contribution < 1.29 is 14.6 Å². The van der Waals surface area contributed by atoms with Crippen LogP contribution in [0.3, 0.4) is 0 Å². The lowest BCUT2D eigenvalue weighted by Crippen LogP contribution is -2.24. The number of carboxylic acids is 1. The molecule has 0 aromatic heterocycles. The lowest BCUT2D eigenvalue weighted by atomic mass is 10.1. The monoisotopic (exact) mass is 189 g/mol. The van der Waals surface area contributed by atoms with Gasteiger partial charge in [-0.2, -0.15) is 5.26 Å². The summed E-state index contributed by atoms with van der Waals surface area (Å²) in [5.74, 6) is -0.406. The van der Waals surface area contributed by atoms with E-state index < -0.39 is 12.1 Å². The summed E-state index contributed by atoms with van der Waals surface area (Å²) in [6.45, 7) is 0. The van der Waals surface area contributed by atoms with Gasteiger partial charge >= 0.3 is 5.97 Å². The van der Waals surface area contributed by atoms with Crippen LogP contribution in [0.2, 0.25) is 0 Å². The number of aliphatic carboxylic acids is 1. The number of benzene rings is 1. The number of hydrogen-bond acceptors (Lipinski definition) is 3. The van der Waals surface area contributed by atoms with Crippen molar-refractivity contribution >= 4 is 5.97 Å². The molecule has 1 atom stereocenters. The summed E-state index contributed by atoms with van der Waals surface area (Å²) in [6, 6.07) is 6.91. The van der Waals surface area contributed by atoms with Gasteiger partial charge in [0.15, 0.2) is 6.10 Å². The molecule has 1 N–H and O–H groups in total. The van der Waals surface area contributed by atoms with Crippen LogP contribution in [0.25, 0.3) is 0 Å². The summed E-state index contributed by atoms with van der Waals surface area (Å²) >= 11 is 0. The molecule has 1 aromatic carbocycles. The first kappa shape index (κ1) is 8.57. The Kier molecular flexibility index (Phi) is 1.86. The van der Waals surface area contributed by atoms with Gasteiger partial charge in [0.2, 0.25) is 0 Å². The molecule has 0 aliphatic carbocycles. The van der Waals surface area contributed by atoms with Gasteiger partial charge < -0.3 is 9.84 Å². The van der Waals surface area contributed by atoms with Crippen LogP contribution < -0.4 is 4.74 Å². The van der Waals surface area contributed by atoms with Crippen molar-refractivity contribution in [3.8, 4) is 11.8 Å². The summed E-state index contributed by atoms with van der Waals surface area (Å²) in [7, 11) is 0. The molecule has 1 aliphatic heterocycles. The van der Waals surface area contributed by atoms with Crippen LogP contribution in [0.1, 0.15) is 11.1 Å². The van der Waals surface area contributed by atoms with E-state index in [-0.39, 0.29) is 0 Å². The maximum absolute atomic E-state index is 10.6. The summed E-state index contributed by atoms with van der Waals surface area (Å²) in [6.07, 6.45) is -0.473. The lowest BCUT2D eigenvalue weighted by Gasteiger charge is -2.02. The SMILES string of the molecule is N#Cc1ccc2c(c1)CC(C(=O)O)O2. The highest BCUT2D eigenvalue weighted by atomic mass is 16.5. The maximum atomic E-state index is 10.6. The first-order chi connectivity index (χ1) is 6.70. The molecule has 1 heterocycles. The van der Waals surface area contributed by atoms with Gasteiger partial charge in [0.05, 0.1) is 11.6 Å². The van der Waals surface area contributed by atoms with Gasteiger partial charge in [0.1, 0.15) is 5.75 Å². The van der Waals surface area contributed by atoms with E-state index >= 15 is 0 Å². The van der Waals surface area contributed by atoms with Gasteiger partial charge in [0.25, 0.3) is 0 Å². The third kappa shape index (κ3) is 1.29. The van der Waals surface area contributed by atoms with Gasteiger partial charge in [-0.05, 0) is 23.8 Å². The lowest BCUT2D eigenvalue weighted by molar-refractivity contribution is -0.144. The molecule has 0 saturated heterocycles. The Morgan fingerprint density at radius 3 is 3.07 bits per heavy atom. The molecule has 4 nitrogen and oxygen atoms in total. The minimum atomic E-state index is -0.972. The number of nitriles is 1. The van der Waals surface area contributed by atoms with Gasteiger partial charge in [0, 0.05) is 6.42 Å². The average molecular weight is 189 g/mol. The number of hydrogen-bond donors (Lipinski definition) is 1. The molecular formula is C10H7NO3. The number of rotatable bonds is 1. The average Bonchev–Trinajstić information content (AvgIpc) is 2.59. The maximum Gasteiger partial charge on any atom is 0.345 e. The Bertz CT molecular complexity index is 433. The fraction of sp³-hybridized carbons (Fsp3) is 0.200. The van der Waals surface area contributed by atoms with Crippen LogP contribution in [0, 0.1) is 11.3 Å². The normalized spacial score (nSPS) is 18.1. The first-order valence-corrected chi connectivity index (χ1v) is 4.13. The van der Waals surface area contributed by atoms with Crippen molar-refractivity contribution in [2.24, 2.45) is 0 Å². The molecule has 1 aromatic rings. The second-order valence-electron chi connectivity index (χ2n) is 3.08. The molecule has 14 heavy (non-hydrogen) atoms. The third-order valence-electron chi connectivity index (χ3n) is 2.14. The smallest absolute Gasteiger partial charge is 0.345 e. The Morgan fingerprint density at radius 1 is 1.64 bits per heavy atom. The van der Waals surface area contributed by atoms with Crippen molar-refractivity contribution in [3.63, 3.8) is 0 Å². The molecule has 70 valence electrons. The highest BCUT2D eigenvalue weighted by Gasteiger charge is 2.28. The summed E-state index contributed by atoms with van der Waals surface area (Å²) in [4.78, 5) is 10.6. The van der Waals surface area contributed by atoms with Crippen LogP contribution >= 0.6 is 0 Å². The molecule has 4 heteroatoms. The second-order valence-corrected chi connectivity index (χ2v) is 3.08. The molecule has 0 bridgehead atoms. The van der Waals surface area contributed by atoms with Crippen LogP contribution in [0.5, 0.6) is 5.75 Å². The van der Waals surface area contributed by atoms with Crippen LogP contribution in [-0.2, 0) is 11.2 Å². The Morgan fingerprint density at radius 2 is 2.43 bits per heavy atom. The summed E-state index contributed by atoms with van der Waals surface area (Å²) < 4.78 is 5.16. The molecule has 1 unspecified atom stereocenters. The number of carbonyl (C=O) groups is 1. The molecule has 0 radical (unpaired) electrons. The van der Waals surface area contributed by atoms with E-state index in [9.17, 15) is 4.79 Å². The predicted molar refractivity (Wildman–Crippen MR) is 46.9 cm³/mol. The number of carboxylic acid groups (broad SMARTS) is 1. The van der Waals surface area contributed by atoms with E-state index in [0.29, 0.717) is 17.7 Å². The zero-order valence-electron chi connectivity index (χ0n) is 7.23. The van der Waals surface area contributed by atoms with E-state index in [1.54, 1.807) is 18.2 Å². The Labute approximate surface area is 80.3 Å². The first-order valence-electron chi connectivity index (χ1n) is 4.13. The van der Waals surface area contributed by atoms with Crippen LogP contribution in [0.15, 0.2) is 18.2 Å². The van der Waals surface area contributed by atoms with E-state index in [2.05, 4.69) is 0 Å². The van der Waals surface area contributed by atoms with Gasteiger partial charge in [-0.15, -0.1) is 0 Å². The summed E-state index contributed by atoms with van der Waals surface area (Å²) in [5, 5.41) is 17.4. The van der Waals surface area contributed by atoms with Crippen molar-refractivity contribution in [3.05, 3.63) is 29.3 Å². The van der Waals surface area contributed by atoms with Crippen LogP contribution in [0.4, 0.5) is 0 Å². The largest absolute Gasteiger partial charge is 0.478 e. The minimum Gasteiger partial charge on any atom is -0.478 e. The topological polar surface area (TPSA) is 70.3 Å². The minimum absolute atomic E-state index is 0.334. The second kappa shape index (κ2) is 3.04. The Hall–Kier alpha value is -2.02. The molecule has 0 spiro atoms. The van der Waals surface area contributed by atoms with E-state index in [0.717, 1.165) is 5.56 Å². The molecule has 0 saturated carbocycles. The standard InChI is InChI=1S/C10H7NO3/c11-5-6-1-2-8-7(3-6)4-9(14-8)10(12)13/h1-3,9H,4H2,(H,12,13). The molecular weight excluding hydrogens is 182 g/mol. The van der Waals surface area contributed by atoms with Crippen LogP contribution in [-0.4, -0.2) is 17.2 Å². The van der Waals surface area contributed by atoms with Crippen molar-refractivity contribution in [2.75, 3.05) is 0 Å². The van der Waals surface area contributed by atoms with E-state index in [1.807, 2.05) is 6.07 Å². The third-order valence-corrected chi connectivity index (χ3v) is 2.14. The Balaban J connectivity index is 2.32. The van der Waals surface area contributed by atoms with Gasteiger partial charge in [-0.3, -0.25) is 0 Å². The van der Waals surface area contributed by atoms with Gasteiger partial charge in [-0.25, -0.2) is 4.79 Å². The zero-order chi connectivity index (χ0) is 10.1. The van der Waals surface area contributed by atoms with E-state index in [1.165, 1.54) is 0 Å². The molecule has 0 fully saturated rings. The van der Waals surface area contributed by atoms with Crippen molar-refractivity contribution in [1.29, 1.82) is 5.26 Å². The number of nitrogens with zero attached hydrogens (tertiary/aromatic N) is 1. The summed E-state index contributed by atoms with van der Waals surface area (Å²) in [5.41, 5.74) is 1.31. The fourth-order valence-corrected chi connectivity index (χ4v) is 1.46. The fourth-order valence-electron chi connectivity index (χ4n) is 1.46. The quantitative estimate of drug-likeness (QED) is 0.713. The zero-order valence-corrected chi connectivity index (χ0v) is 7.23. The van der Waals surface area contributed by atoms with E-state index in [4.69, 9.17) is 15.1 Å². The predicted octanol–water partition coefficient (Wildman–Crippen LogP) is 0.946.